The van der Waals surface area contributed by atoms with Crippen molar-refractivity contribution in [3.05, 3.63) is 17.8 Å². The van der Waals surface area contributed by atoms with Crippen LogP contribution in [0.15, 0.2) is 12.3 Å². The van der Waals surface area contributed by atoms with Gasteiger partial charge in [-0.3, -0.25) is 0 Å². The van der Waals surface area contributed by atoms with Crippen molar-refractivity contribution < 1.29 is 14.3 Å². The van der Waals surface area contributed by atoms with Gasteiger partial charge in [0.2, 0.25) is 0 Å². The van der Waals surface area contributed by atoms with Gasteiger partial charge in [0.1, 0.15) is 5.82 Å². The maximum atomic E-state index is 11.5. The summed E-state index contributed by atoms with van der Waals surface area (Å²) < 4.78 is 10.1. The molecule has 0 fully saturated rings. The van der Waals surface area contributed by atoms with Gasteiger partial charge >= 0.3 is 5.97 Å². The number of hydrogen-bond donors (Lipinski definition) is 2. The Kier molecular flexibility index (Phi) is 6.79. The molecule has 0 amide bonds. The van der Waals surface area contributed by atoms with E-state index in [1.807, 2.05) is 0 Å². The van der Waals surface area contributed by atoms with Gasteiger partial charge in [0, 0.05) is 19.3 Å². The van der Waals surface area contributed by atoms with Crippen LogP contribution in [0.2, 0.25) is 0 Å². The van der Waals surface area contributed by atoms with Crippen LogP contribution in [0, 0.1) is 5.92 Å². The lowest BCUT2D eigenvalue weighted by Gasteiger charge is -2.11. The molecule has 112 valence electrons. The maximum absolute atomic E-state index is 11.5. The number of ether oxygens (including phenoxy) is 2. The molecule has 0 spiro atoms. The number of nitrogens with zero attached hydrogens (tertiary/aromatic N) is 1. The molecule has 0 unspecified atom stereocenters. The Morgan fingerprint density at radius 2 is 2.20 bits per heavy atom. The van der Waals surface area contributed by atoms with E-state index in [9.17, 15) is 4.79 Å². The van der Waals surface area contributed by atoms with E-state index < -0.39 is 5.97 Å². The van der Waals surface area contributed by atoms with E-state index in [-0.39, 0.29) is 0 Å². The Morgan fingerprint density at radius 1 is 1.45 bits per heavy atom. The Bertz CT molecular complexity index is 436. The van der Waals surface area contributed by atoms with Crippen LogP contribution in [0.4, 0.5) is 11.5 Å². The number of carbonyl (C=O) groups is 1. The average Bonchev–Trinajstić information content (AvgIpc) is 2.43. The first-order chi connectivity index (χ1) is 9.56. The SMILES string of the molecule is COC(=O)c1ccnc(NCCOCCC(C)C)c1N. The number of hydrogen-bond acceptors (Lipinski definition) is 6. The van der Waals surface area contributed by atoms with Crippen molar-refractivity contribution in [2.45, 2.75) is 20.3 Å². The summed E-state index contributed by atoms with van der Waals surface area (Å²) in [5.41, 5.74) is 6.48. The fourth-order valence-electron chi connectivity index (χ4n) is 1.56. The second-order valence-corrected chi connectivity index (χ2v) is 4.83. The van der Waals surface area contributed by atoms with Crippen molar-refractivity contribution in [3.63, 3.8) is 0 Å². The molecule has 0 bridgehead atoms. The lowest BCUT2D eigenvalue weighted by Crippen LogP contribution is -2.15. The number of carbonyl (C=O) groups excluding carboxylic acids is 1. The summed E-state index contributed by atoms with van der Waals surface area (Å²) >= 11 is 0. The van der Waals surface area contributed by atoms with Gasteiger partial charge < -0.3 is 20.5 Å². The van der Waals surface area contributed by atoms with Crippen LogP contribution in [0.3, 0.4) is 0 Å². The summed E-state index contributed by atoms with van der Waals surface area (Å²) in [6.07, 6.45) is 2.56. The van der Waals surface area contributed by atoms with E-state index in [4.69, 9.17) is 10.5 Å². The van der Waals surface area contributed by atoms with Crippen LogP contribution < -0.4 is 11.1 Å². The van der Waals surface area contributed by atoms with Crippen LogP contribution in [0.5, 0.6) is 0 Å². The zero-order valence-corrected chi connectivity index (χ0v) is 12.3. The van der Waals surface area contributed by atoms with Crippen LogP contribution >= 0.6 is 0 Å². The summed E-state index contributed by atoms with van der Waals surface area (Å²) in [5, 5.41) is 3.05. The van der Waals surface area contributed by atoms with Gasteiger partial charge in [0.05, 0.1) is 25.0 Å². The van der Waals surface area contributed by atoms with Crippen LogP contribution in [0.25, 0.3) is 0 Å². The number of nitrogen functional groups attached to an aromatic ring is 1. The molecule has 20 heavy (non-hydrogen) atoms. The molecule has 0 aliphatic heterocycles. The lowest BCUT2D eigenvalue weighted by molar-refractivity contribution is 0.0602. The largest absolute Gasteiger partial charge is 0.465 e. The van der Waals surface area contributed by atoms with E-state index in [0.717, 1.165) is 13.0 Å². The normalized spacial score (nSPS) is 10.6. The predicted octanol–water partition coefficient (Wildman–Crippen LogP) is 1.92. The molecule has 1 aromatic rings. The van der Waals surface area contributed by atoms with E-state index in [0.29, 0.717) is 36.1 Å². The zero-order valence-electron chi connectivity index (χ0n) is 12.3. The first-order valence-electron chi connectivity index (χ1n) is 6.70. The lowest BCUT2D eigenvalue weighted by atomic mass is 10.1. The van der Waals surface area contributed by atoms with E-state index >= 15 is 0 Å². The van der Waals surface area contributed by atoms with Crippen molar-refractivity contribution in [1.82, 2.24) is 4.98 Å². The minimum Gasteiger partial charge on any atom is -0.465 e. The first kappa shape index (κ1) is 16.2. The summed E-state index contributed by atoms with van der Waals surface area (Å²) in [6.45, 7) is 6.20. The molecule has 0 atom stereocenters. The molecule has 3 N–H and O–H groups in total. The van der Waals surface area contributed by atoms with Crippen molar-refractivity contribution in [3.8, 4) is 0 Å². The minimum atomic E-state index is -0.471. The fourth-order valence-corrected chi connectivity index (χ4v) is 1.56. The number of esters is 1. The van der Waals surface area contributed by atoms with E-state index in [1.54, 1.807) is 0 Å². The molecule has 1 aromatic heterocycles. The third kappa shape index (κ3) is 5.05. The second kappa shape index (κ2) is 8.37. The highest BCUT2D eigenvalue weighted by atomic mass is 16.5. The molecule has 0 saturated heterocycles. The predicted molar refractivity (Wildman–Crippen MR) is 78.8 cm³/mol. The van der Waals surface area contributed by atoms with Crippen molar-refractivity contribution >= 4 is 17.5 Å². The van der Waals surface area contributed by atoms with Gasteiger partial charge in [-0.1, -0.05) is 13.8 Å². The molecular formula is C14H23N3O3. The standard InChI is InChI=1S/C14H23N3O3/c1-10(2)5-8-20-9-7-17-13-12(15)11(4-6-16-13)14(18)19-3/h4,6,10H,5,7-9,15H2,1-3H3,(H,16,17). The van der Waals surface area contributed by atoms with Crippen molar-refractivity contribution in [2.75, 3.05) is 37.9 Å². The highest BCUT2D eigenvalue weighted by molar-refractivity contribution is 5.97. The quantitative estimate of drug-likeness (QED) is 0.559. The van der Waals surface area contributed by atoms with Gasteiger partial charge in [-0.25, -0.2) is 9.78 Å². The number of aromatic nitrogens is 1. The molecular weight excluding hydrogens is 258 g/mol. The van der Waals surface area contributed by atoms with Gasteiger partial charge in [0.25, 0.3) is 0 Å². The molecule has 0 aliphatic rings. The highest BCUT2D eigenvalue weighted by Gasteiger charge is 2.13. The number of methoxy groups -OCH3 is 1. The molecule has 1 rings (SSSR count). The first-order valence-corrected chi connectivity index (χ1v) is 6.70. The average molecular weight is 281 g/mol. The number of pyridine rings is 1. The second-order valence-electron chi connectivity index (χ2n) is 4.83. The summed E-state index contributed by atoms with van der Waals surface area (Å²) in [6, 6.07) is 1.53. The summed E-state index contributed by atoms with van der Waals surface area (Å²) in [4.78, 5) is 15.6. The van der Waals surface area contributed by atoms with E-state index in [2.05, 4.69) is 28.9 Å². The van der Waals surface area contributed by atoms with Gasteiger partial charge in [-0.15, -0.1) is 0 Å². The highest BCUT2D eigenvalue weighted by Crippen LogP contribution is 2.20. The fraction of sp³-hybridized carbons (Fsp3) is 0.571. The minimum absolute atomic E-state index is 0.293. The Morgan fingerprint density at radius 3 is 2.85 bits per heavy atom. The Labute approximate surface area is 119 Å². The third-order valence-electron chi connectivity index (χ3n) is 2.77. The third-order valence-corrected chi connectivity index (χ3v) is 2.77. The molecule has 1 heterocycles. The maximum Gasteiger partial charge on any atom is 0.340 e. The zero-order chi connectivity index (χ0) is 15.0. The van der Waals surface area contributed by atoms with E-state index in [1.165, 1.54) is 19.4 Å². The van der Waals surface area contributed by atoms with Gasteiger partial charge in [-0.05, 0) is 18.4 Å². The number of rotatable bonds is 8. The van der Waals surface area contributed by atoms with Gasteiger partial charge in [-0.2, -0.15) is 0 Å². The number of nitrogens with one attached hydrogen (secondary N) is 1. The number of nitrogens with two attached hydrogens (primary N) is 1. The smallest absolute Gasteiger partial charge is 0.340 e. The summed E-state index contributed by atoms with van der Waals surface area (Å²) in [5.74, 6) is 0.638. The molecule has 0 radical (unpaired) electrons. The molecule has 6 heteroatoms. The van der Waals surface area contributed by atoms with Crippen LogP contribution in [-0.4, -0.2) is 37.8 Å². The number of anilines is 2. The topological polar surface area (TPSA) is 86.5 Å². The van der Waals surface area contributed by atoms with Crippen molar-refractivity contribution in [1.29, 1.82) is 0 Å². The van der Waals surface area contributed by atoms with Crippen LogP contribution in [-0.2, 0) is 9.47 Å². The Balaban J connectivity index is 2.43. The summed E-state index contributed by atoms with van der Waals surface area (Å²) in [7, 11) is 1.32. The Hall–Kier alpha value is -1.82. The molecule has 6 nitrogen and oxygen atoms in total. The van der Waals surface area contributed by atoms with Gasteiger partial charge in [0.15, 0.2) is 0 Å². The monoisotopic (exact) mass is 281 g/mol. The molecule has 0 aromatic carbocycles. The molecule has 0 saturated carbocycles. The van der Waals surface area contributed by atoms with Crippen LogP contribution in [0.1, 0.15) is 30.6 Å². The van der Waals surface area contributed by atoms with Crippen molar-refractivity contribution in [2.24, 2.45) is 5.92 Å². The molecule has 0 aliphatic carbocycles.